The van der Waals surface area contributed by atoms with Crippen LogP contribution in [0.4, 0.5) is 11.4 Å². The summed E-state index contributed by atoms with van der Waals surface area (Å²) in [7, 11) is 2.07. The Morgan fingerprint density at radius 1 is 0.750 bits per heavy atom. The molecule has 0 saturated heterocycles. The summed E-state index contributed by atoms with van der Waals surface area (Å²) in [5.41, 5.74) is 16.9. The number of hydrogen-bond donors (Lipinski definition) is 4. The van der Waals surface area contributed by atoms with Crippen LogP contribution in [0.3, 0.4) is 0 Å². The molecule has 0 unspecified atom stereocenters. The van der Waals surface area contributed by atoms with Gasteiger partial charge in [-0.3, -0.25) is 4.99 Å². The molecule has 0 bridgehead atoms. The largest absolute Gasteiger partial charge is 0.383 e. The molecule has 2 heterocycles. The molecule has 0 saturated carbocycles. The summed E-state index contributed by atoms with van der Waals surface area (Å²) in [5.74, 6) is 2.19. The Bertz CT molecular complexity index is 1980. The maximum absolute atomic E-state index is 6.18. The van der Waals surface area contributed by atoms with Crippen molar-refractivity contribution in [3.63, 3.8) is 0 Å². The zero-order chi connectivity index (χ0) is 31.0. The van der Waals surface area contributed by atoms with E-state index in [1.54, 1.807) is 0 Å². The third kappa shape index (κ3) is 5.92. The van der Waals surface area contributed by atoms with Gasteiger partial charge in [0.2, 0.25) is 0 Å². The molecule has 8 heteroatoms. The van der Waals surface area contributed by atoms with Crippen LogP contribution in [0.5, 0.6) is 0 Å². The number of nitrogens with one attached hydrogen (secondary N) is 3. The molecule has 44 heavy (non-hydrogen) atoms. The van der Waals surface area contributed by atoms with Gasteiger partial charge in [0.15, 0.2) is 0 Å². The fraction of sp³-hybridized carbons (Fsp3) is 0.194. The first-order valence-electron chi connectivity index (χ1n) is 14.9. The first-order chi connectivity index (χ1) is 21.1. The minimum Gasteiger partial charge on any atom is -0.383 e. The van der Waals surface area contributed by atoms with Crippen molar-refractivity contribution in [1.29, 1.82) is 0 Å². The van der Waals surface area contributed by atoms with Crippen molar-refractivity contribution in [2.45, 2.75) is 39.8 Å². The predicted molar refractivity (Wildman–Crippen MR) is 184 cm³/mol. The van der Waals surface area contributed by atoms with Crippen LogP contribution in [0, 0.1) is 0 Å². The van der Waals surface area contributed by atoms with Crippen LogP contribution in [-0.2, 0) is 0 Å². The molecule has 8 nitrogen and oxygen atoms in total. The van der Waals surface area contributed by atoms with Crippen LogP contribution in [-0.4, -0.2) is 44.9 Å². The van der Waals surface area contributed by atoms with Crippen molar-refractivity contribution in [2.24, 2.45) is 10.7 Å². The molecule has 0 aliphatic heterocycles. The zero-order valence-corrected chi connectivity index (χ0v) is 25.8. The Balaban J connectivity index is 1.17. The van der Waals surface area contributed by atoms with Gasteiger partial charge in [0.25, 0.3) is 0 Å². The van der Waals surface area contributed by atoms with E-state index in [2.05, 4.69) is 113 Å². The fourth-order valence-electron chi connectivity index (χ4n) is 5.26. The smallest absolute Gasteiger partial charge is 0.138 e. The summed E-state index contributed by atoms with van der Waals surface area (Å²) in [5, 5.41) is 3.37. The van der Waals surface area contributed by atoms with Gasteiger partial charge in [-0.05, 0) is 112 Å². The van der Waals surface area contributed by atoms with Gasteiger partial charge in [-0.2, -0.15) is 0 Å². The third-order valence-corrected chi connectivity index (χ3v) is 7.52. The van der Waals surface area contributed by atoms with Crippen molar-refractivity contribution in [1.82, 2.24) is 25.3 Å². The monoisotopic (exact) mass is 582 g/mol. The second kappa shape index (κ2) is 11.7. The molecular formula is C36H38N8. The molecule has 0 atom stereocenters. The molecule has 222 valence electrons. The van der Waals surface area contributed by atoms with Crippen molar-refractivity contribution in [3.8, 4) is 22.8 Å². The van der Waals surface area contributed by atoms with Crippen molar-refractivity contribution in [3.05, 3.63) is 103 Å². The molecule has 0 radical (unpaired) electrons. The highest BCUT2D eigenvalue weighted by Crippen LogP contribution is 2.30. The van der Waals surface area contributed by atoms with Crippen LogP contribution < -0.4 is 16.0 Å². The van der Waals surface area contributed by atoms with E-state index in [4.69, 9.17) is 15.7 Å². The number of fused-ring (bicyclic) bond motifs is 2. The number of aliphatic imine (C=N–C) groups is 1. The predicted octanol–water partition coefficient (Wildman–Crippen LogP) is 7.62. The van der Waals surface area contributed by atoms with Crippen molar-refractivity contribution < 1.29 is 0 Å². The SMILES string of the molecule is C=C(NC(C)C)c1ccc2nc(-c3ccc(N(C)c4ccc(-c5nc6ccc(C(N)=NC(C)C)cc6[nH]5)cc4)cc3)[nH]c2c1. The number of aromatic amines is 2. The second-order valence-corrected chi connectivity index (χ2v) is 11.7. The van der Waals surface area contributed by atoms with Gasteiger partial charge < -0.3 is 25.9 Å². The number of H-pyrrole nitrogens is 2. The Labute approximate surface area is 257 Å². The van der Waals surface area contributed by atoms with E-state index in [9.17, 15) is 0 Å². The van der Waals surface area contributed by atoms with E-state index in [1.807, 2.05) is 38.1 Å². The van der Waals surface area contributed by atoms with E-state index in [0.29, 0.717) is 11.9 Å². The molecule has 0 amide bonds. The number of anilines is 2. The first-order valence-corrected chi connectivity index (χ1v) is 14.9. The summed E-state index contributed by atoms with van der Waals surface area (Å²) >= 11 is 0. The number of nitrogens with two attached hydrogens (primary N) is 1. The number of rotatable bonds is 9. The van der Waals surface area contributed by atoms with E-state index in [-0.39, 0.29) is 6.04 Å². The number of aromatic nitrogens is 4. The molecule has 0 aliphatic carbocycles. The summed E-state index contributed by atoms with van der Waals surface area (Å²) in [6.07, 6.45) is 0. The van der Waals surface area contributed by atoms with Gasteiger partial charge in [-0.15, -0.1) is 0 Å². The topological polar surface area (TPSA) is 111 Å². The van der Waals surface area contributed by atoms with E-state index in [1.165, 1.54) is 0 Å². The lowest BCUT2D eigenvalue weighted by molar-refractivity contribution is 0.718. The molecule has 0 fully saturated rings. The Kier molecular flexibility index (Phi) is 7.66. The summed E-state index contributed by atoms with van der Waals surface area (Å²) in [6, 6.07) is 29.4. The minimum atomic E-state index is 0.141. The molecule has 2 aromatic heterocycles. The maximum Gasteiger partial charge on any atom is 0.138 e. The second-order valence-electron chi connectivity index (χ2n) is 11.7. The molecule has 0 aliphatic rings. The molecule has 0 spiro atoms. The van der Waals surface area contributed by atoms with E-state index in [0.717, 1.165) is 73.0 Å². The minimum absolute atomic E-state index is 0.141. The average molecular weight is 583 g/mol. The molecular weight excluding hydrogens is 544 g/mol. The normalized spacial score (nSPS) is 12.0. The highest BCUT2D eigenvalue weighted by molar-refractivity contribution is 6.00. The molecule has 6 rings (SSSR count). The lowest BCUT2D eigenvalue weighted by Gasteiger charge is -2.20. The van der Waals surface area contributed by atoms with Crippen LogP contribution in [0.25, 0.3) is 50.5 Å². The molecule has 5 N–H and O–H groups in total. The number of benzene rings is 4. The van der Waals surface area contributed by atoms with E-state index >= 15 is 0 Å². The molecule has 4 aromatic carbocycles. The zero-order valence-electron chi connectivity index (χ0n) is 25.8. The summed E-state index contributed by atoms with van der Waals surface area (Å²) in [6.45, 7) is 12.4. The fourth-order valence-corrected chi connectivity index (χ4v) is 5.26. The standard InChI is InChI=1S/C36H38N8/c1-21(2)38-23(5)26-11-17-30-32(19-26)42-35(40-30)24-7-13-28(14-8-24)44(6)29-15-9-25(10-16-29)36-41-31-18-12-27(20-33(31)43-36)34(37)39-22(3)4/h7-22,38H,5H2,1-4,6H3,(H2,37,39)(H,40,42)(H,41,43). The Hall–Kier alpha value is -5.37. The van der Waals surface area contributed by atoms with Crippen LogP contribution >= 0.6 is 0 Å². The number of imidazole rings is 2. The quantitative estimate of drug-likeness (QED) is 0.104. The highest BCUT2D eigenvalue weighted by Gasteiger charge is 2.12. The summed E-state index contributed by atoms with van der Waals surface area (Å²) in [4.78, 5) is 23.1. The lowest BCUT2D eigenvalue weighted by atomic mass is 10.1. The molecule has 6 aromatic rings. The average Bonchev–Trinajstić information content (AvgIpc) is 3.64. The van der Waals surface area contributed by atoms with Gasteiger partial charge in [0.05, 0.1) is 22.1 Å². The lowest BCUT2D eigenvalue weighted by Crippen LogP contribution is -2.20. The summed E-state index contributed by atoms with van der Waals surface area (Å²) < 4.78 is 0. The van der Waals surface area contributed by atoms with Gasteiger partial charge in [-0.1, -0.05) is 12.6 Å². The third-order valence-electron chi connectivity index (χ3n) is 7.52. The van der Waals surface area contributed by atoms with Crippen LogP contribution in [0.2, 0.25) is 0 Å². The highest BCUT2D eigenvalue weighted by atomic mass is 15.1. The van der Waals surface area contributed by atoms with Crippen LogP contribution in [0.15, 0.2) is 96.5 Å². The van der Waals surface area contributed by atoms with Gasteiger partial charge >= 0.3 is 0 Å². The number of nitrogens with zero attached hydrogens (tertiary/aromatic N) is 4. The van der Waals surface area contributed by atoms with Gasteiger partial charge in [0.1, 0.15) is 17.5 Å². The maximum atomic E-state index is 6.18. The van der Waals surface area contributed by atoms with Gasteiger partial charge in [-0.25, -0.2) is 9.97 Å². The van der Waals surface area contributed by atoms with Gasteiger partial charge in [0, 0.05) is 52.9 Å². The van der Waals surface area contributed by atoms with E-state index < -0.39 is 0 Å². The Morgan fingerprint density at radius 3 is 1.70 bits per heavy atom. The van der Waals surface area contributed by atoms with Crippen molar-refractivity contribution in [2.75, 3.05) is 11.9 Å². The first kappa shape index (κ1) is 28.7. The van der Waals surface area contributed by atoms with Crippen LogP contribution in [0.1, 0.15) is 38.8 Å². The Morgan fingerprint density at radius 2 is 1.23 bits per heavy atom. The number of hydrogen-bond acceptors (Lipinski definition) is 5. The number of amidine groups is 1. The van der Waals surface area contributed by atoms with Crippen molar-refractivity contribution >= 4 is 45.0 Å².